The van der Waals surface area contributed by atoms with Gasteiger partial charge in [0.2, 0.25) is 0 Å². The number of carbonyl (C=O) groups is 1. The molecule has 9 nitrogen and oxygen atoms in total. The number of nitrogens with one attached hydrogen (secondary N) is 1. The zero-order valence-corrected chi connectivity index (χ0v) is 14.4. The Morgan fingerprint density at radius 1 is 1.26 bits per heavy atom. The predicted molar refractivity (Wildman–Crippen MR) is 98.2 cm³/mol. The molecule has 140 valence electrons. The van der Waals surface area contributed by atoms with Crippen LogP contribution >= 0.6 is 0 Å². The lowest BCUT2D eigenvalue weighted by atomic mass is 10.1. The molecule has 0 aliphatic heterocycles. The van der Waals surface area contributed by atoms with Crippen LogP contribution in [0.5, 0.6) is 0 Å². The number of fused-ring (bicyclic) bond motifs is 1. The number of nitro benzene ring substituents is 1. The summed E-state index contributed by atoms with van der Waals surface area (Å²) in [5.41, 5.74) is 9.96. The fourth-order valence-electron chi connectivity index (χ4n) is 2.90. The second-order valence-corrected chi connectivity index (χ2v) is 6.15. The number of hydroxylamine groups is 1. The van der Waals surface area contributed by atoms with E-state index >= 15 is 0 Å². The Hall–Kier alpha value is -3.30. The number of hydrogen-bond acceptors (Lipinski definition) is 6. The van der Waals surface area contributed by atoms with Gasteiger partial charge in [0.25, 0.3) is 11.6 Å². The Balaban J connectivity index is 1.88. The molecule has 3 rings (SSSR count). The van der Waals surface area contributed by atoms with Crippen molar-refractivity contribution in [3.8, 4) is 0 Å². The van der Waals surface area contributed by atoms with E-state index in [4.69, 9.17) is 10.9 Å². The normalized spacial score (nSPS) is 12.1. The second kappa shape index (κ2) is 7.94. The van der Waals surface area contributed by atoms with Gasteiger partial charge in [-0.25, -0.2) is 10.5 Å². The fraction of sp³-hybridized carbons (Fsp3) is 0.222. The van der Waals surface area contributed by atoms with Gasteiger partial charge in [-0.05, 0) is 24.1 Å². The Bertz CT molecular complexity index is 968. The van der Waals surface area contributed by atoms with Crippen molar-refractivity contribution >= 4 is 22.6 Å². The first-order valence-corrected chi connectivity index (χ1v) is 8.36. The van der Waals surface area contributed by atoms with Crippen molar-refractivity contribution in [3.63, 3.8) is 0 Å². The summed E-state index contributed by atoms with van der Waals surface area (Å²) in [6.45, 7) is 0.481. The van der Waals surface area contributed by atoms with Crippen molar-refractivity contribution in [3.05, 3.63) is 70.0 Å². The highest BCUT2D eigenvalue weighted by molar-refractivity contribution is 5.80. The Morgan fingerprint density at radius 2 is 1.96 bits per heavy atom. The van der Waals surface area contributed by atoms with Gasteiger partial charge in [0, 0.05) is 25.1 Å². The first-order valence-electron chi connectivity index (χ1n) is 8.36. The van der Waals surface area contributed by atoms with Crippen LogP contribution in [-0.2, 0) is 17.8 Å². The molecule has 1 unspecified atom stereocenters. The van der Waals surface area contributed by atoms with Gasteiger partial charge in [0.15, 0.2) is 0 Å². The molecule has 0 aliphatic carbocycles. The van der Waals surface area contributed by atoms with Gasteiger partial charge in [0.1, 0.15) is 5.82 Å². The molecule has 27 heavy (non-hydrogen) atoms. The van der Waals surface area contributed by atoms with Gasteiger partial charge in [-0.1, -0.05) is 24.3 Å². The van der Waals surface area contributed by atoms with Crippen molar-refractivity contribution in [1.82, 2.24) is 15.0 Å². The van der Waals surface area contributed by atoms with E-state index in [0.717, 1.165) is 22.4 Å². The van der Waals surface area contributed by atoms with Crippen LogP contribution in [0, 0.1) is 10.1 Å². The van der Waals surface area contributed by atoms with Crippen molar-refractivity contribution < 1.29 is 14.9 Å². The molecular weight excluding hydrogens is 350 g/mol. The molecule has 0 fully saturated rings. The number of rotatable bonds is 7. The summed E-state index contributed by atoms with van der Waals surface area (Å²) in [5, 5.41) is 19.5. The topological polar surface area (TPSA) is 136 Å². The third-order valence-electron chi connectivity index (χ3n) is 4.35. The van der Waals surface area contributed by atoms with E-state index in [0.29, 0.717) is 19.4 Å². The van der Waals surface area contributed by atoms with Gasteiger partial charge in [-0.2, -0.15) is 0 Å². The summed E-state index contributed by atoms with van der Waals surface area (Å²) < 4.78 is 2.00. The molecule has 1 heterocycles. The van der Waals surface area contributed by atoms with Crippen LogP contribution < -0.4 is 11.2 Å². The summed E-state index contributed by atoms with van der Waals surface area (Å²) in [7, 11) is 0. The second-order valence-electron chi connectivity index (χ2n) is 6.15. The van der Waals surface area contributed by atoms with E-state index < -0.39 is 16.9 Å². The van der Waals surface area contributed by atoms with E-state index in [1.165, 1.54) is 12.1 Å². The number of para-hydroxylation sites is 2. The summed E-state index contributed by atoms with van der Waals surface area (Å²) in [6.07, 6.45) is 0.756. The number of amides is 1. The highest BCUT2D eigenvalue weighted by atomic mass is 16.6. The molecular formula is C18H19N5O4. The monoisotopic (exact) mass is 369 g/mol. The van der Waals surface area contributed by atoms with Crippen molar-refractivity contribution in [2.45, 2.75) is 25.4 Å². The lowest BCUT2D eigenvalue weighted by Gasteiger charge is -2.12. The van der Waals surface area contributed by atoms with Crippen LogP contribution in [0.15, 0.2) is 48.5 Å². The lowest BCUT2D eigenvalue weighted by Crippen LogP contribution is -2.39. The fourth-order valence-corrected chi connectivity index (χ4v) is 2.90. The van der Waals surface area contributed by atoms with Gasteiger partial charge < -0.3 is 10.3 Å². The number of nitrogens with zero attached hydrogens (tertiary/aromatic N) is 3. The number of carbonyl (C=O) groups excluding carboxylic acids is 1. The minimum Gasteiger partial charge on any atom is -0.323 e. The molecule has 3 aromatic rings. The first-order chi connectivity index (χ1) is 13.0. The summed E-state index contributed by atoms with van der Waals surface area (Å²) in [4.78, 5) is 26.4. The van der Waals surface area contributed by atoms with E-state index in [1.54, 1.807) is 17.6 Å². The van der Waals surface area contributed by atoms with Crippen LogP contribution in [0.1, 0.15) is 17.8 Å². The zero-order valence-electron chi connectivity index (χ0n) is 14.4. The maximum absolute atomic E-state index is 11.4. The molecule has 1 atom stereocenters. The number of nitrogens with two attached hydrogens (primary N) is 1. The average Bonchev–Trinajstić information content (AvgIpc) is 3.03. The largest absolute Gasteiger partial charge is 0.323 e. The molecule has 1 aromatic heterocycles. The number of non-ortho nitro benzene ring substituents is 1. The summed E-state index contributed by atoms with van der Waals surface area (Å²) >= 11 is 0. The zero-order chi connectivity index (χ0) is 19.4. The smallest absolute Gasteiger partial charge is 0.269 e. The van der Waals surface area contributed by atoms with Crippen LogP contribution in [0.2, 0.25) is 0 Å². The number of nitro groups is 1. The molecule has 0 bridgehead atoms. The molecule has 2 aromatic carbocycles. The molecule has 1 amide bonds. The summed E-state index contributed by atoms with van der Waals surface area (Å²) in [5.74, 6) is 0.101. The number of hydrogen-bond donors (Lipinski definition) is 3. The number of aryl methyl sites for hydroxylation is 1. The summed E-state index contributed by atoms with van der Waals surface area (Å²) in [6, 6.07) is 13.1. The Labute approximate surface area is 154 Å². The third kappa shape index (κ3) is 4.10. The molecule has 0 radical (unpaired) electrons. The average molecular weight is 369 g/mol. The van der Waals surface area contributed by atoms with Gasteiger partial charge in [-0.15, -0.1) is 0 Å². The first kappa shape index (κ1) is 18.5. The van der Waals surface area contributed by atoms with Crippen molar-refractivity contribution in [1.29, 1.82) is 0 Å². The van der Waals surface area contributed by atoms with E-state index in [9.17, 15) is 14.9 Å². The number of benzene rings is 2. The van der Waals surface area contributed by atoms with Crippen molar-refractivity contribution in [2.24, 2.45) is 5.73 Å². The Morgan fingerprint density at radius 3 is 2.63 bits per heavy atom. The molecule has 0 saturated heterocycles. The number of imidazole rings is 1. The molecule has 0 saturated carbocycles. The number of aromatic nitrogens is 2. The maximum Gasteiger partial charge on any atom is 0.269 e. The van der Waals surface area contributed by atoms with Gasteiger partial charge in [-0.3, -0.25) is 20.1 Å². The Kier molecular flexibility index (Phi) is 5.43. The minimum atomic E-state index is -0.845. The molecule has 9 heteroatoms. The maximum atomic E-state index is 11.4. The van der Waals surface area contributed by atoms with Crippen LogP contribution in [0.25, 0.3) is 11.0 Å². The van der Waals surface area contributed by atoms with Gasteiger partial charge >= 0.3 is 0 Å². The third-order valence-corrected chi connectivity index (χ3v) is 4.35. The predicted octanol–water partition coefficient (Wildman–Crippen LogP) is 1.76. The molecule has 4 N–H and O–H groups in total. The molecule has 0 spiro atoms. The van der Waals surface area contributed by atoms with Crippen LogP contribution in [0.3, 0.4) is 0 Å². The SMILES string of the molecule is NC(CCc1nc2ccccc2n1Cc1ccc([N+](=O)[O-])cc1)C(=O)NO. The standard InChI is InChI=1S/C18H19N5O4/c19-14(18(24)21-25)9-10-17-20-15-3-1-2-4-16(15)22(17)11-12-5-7-13(8-6-12)23(26)27/h1-8,14,25H,9-11,19H2,(H,21,24). The quantitative estimate of drug-likeness (QED) is 0.330. The lowest BCUT2D eigenvalue weighted by molar-refractivity contribution is -0.384. The van der Waals surface area contributed by atoms with Crippen molar-refractivity contribution in [2.75, 3.05) is 0 Å². The minimum absolute atomic E-state index is 0.0375. The highest BCUT2D eigenvalue weighted by Gasteiger charge is 2.16. The van der Waals surface area contributed by atoms with Crippen LogP contribution in [-0.4, -0.2) is 31.6 Å². The van der Waals surface area contributed by atoms with E-state index in [-0.39, 0.29) is 5.69 Å². The van der Waals surface area contributed by atoms with E-state index in [2.05, 4.69) is 4.98 Å². The molecule has 0 aliphatic rings. The van der Waals surface area contributed by atoms with E-state index in [1.807, 2.05) is 28.8 Å². The van der Waals surface area contributed by atoms with Gasteiger partial charge in [0.05, 0.1) is 22.0 Å². The highest BCUT2D eigenvalue weighted by Crippen LogP contribution is 2.20. The van der Waals surface area contributed by atoms with Crippen LogP contribution in [0.4, 0.5) is 5.69 Å².